The fourth-order valence-electron chi connectivity index (χ4n) is 1.65. The van der Waals surface area contributed by atoms with Gasteiger partial charge in [-0.2, -0.15) is 0 Å². The van der Waals surface area contributed by atoms with Crippen LogP contribution in [0.3, 0.4) is 0 Å². The van der Waals surface area contributed by atoms with E-state index in [4.69, 9.17) is 22.8 Å². The molecule has 20 heavy (non-hydrogen) atoms. The number of hydrogen-bond donors (Lipinski definition) is 1. The zero-order valence-corrected chi connectivity index (χ0v) is 12.9. The van der Waals surface area contributed by atoms with E-state index in [0.29, 0.717) is 11.7 Å². The van der Waals surface area contributed by atoms with Crippen LogP contribution in [0, 0.1) is 12.3 Å². The van der Waals surface area contributed by atoms with Gasteiger partial charge in [-0.1, -0.05) is 33.5 Å². The minimum absolute atomic E-state index is 0.238. The van der Waals surface area contributed by atoms with Gasteiger partial charge in [0.2, 0.25) is 0 Å². The smallest absolute Gasteiger partial charge is 0.152 e. The Labute approximate surface area is 131 Å². The van der Waals surface area contributed by atoms with Gasteiger partial charge in [-0.15, -0.1) is 6.42 Å². The van der Waals surface area contributed by atoms with Crippen LogP contribution >= 0.6 is 27.5 Å². The zero-order valence-electron chi connectivity index (χ0n) is 10.6. The second-order valence-corrected chi connectivity index (χ2v) is 5.21. The quantitative estimate of drug-likeness (QED) is 0.650. The molecule has 5 heteroatoms. The molecule has 0 aliphatic heterocycles. The van der Waals surface area contributed by atoms with Crippen molar-refractivity contribution < 1.29 is 4.74 Å². The first-order valence-corrected chi connectivity index (χ1v) is 7.07. The van der Waals surface area contributed by atoms with Gasteiger partial charge in [0.15, 0.2) is 5.15 Å². The number of hydrogen-bond acceptors (Lipinski definition) is 3. The van der Waals surface area contributed by atoms with Crippen LogP contribution in [0.2, 0.25) is 5.15 Å². The summed E-state index contributed by atoms with van der Waals surface area (Å²) in [6.07, 6.45) is 6.86. The number of halogens is 2. The van der Waals surface area contributed by atoms with Gasteiger partial charge in [0.25, 0.3) is 0 Å². The summed E-state index contributed by atoms with van der Waals surface area (Å²) in [6, 6.07) is 9.46. The largest absolute Gasteiger partial charge is 0.481 e. The number of nitrogens with zero attached hydrogens (tertiary/aromatic N) is 1. The van der Waals surface area contributed by atoms with E-state index in [2.05, 4.69) is 32.2 Å². The summed E-state index contributed by atoms with van der Waals surface area (Å²) in [4.78, 5) is 4.02. The number of benzene rings is 1. The second-order valence-electron chi connectivity index (χ2n) is 3.94. The first kappa shape index (κ1) is 14.7. The van der Waals surface area contributed by atoms with Crippen molar-refractivity contribution >= 4 is 33.2 Å². The standard InChI is InChI=1S/C15H12BrClN2O/c1-2-8-20-14-6-5-12(16)9-11(14)10-19-13-4-3-7-18-15(13)17/h1,3-7,9,19H,8,10H2. The first-order chi connectivity index (χ1) is 9.70. The van der Waals surface area contributed by atoms with Crippen LogP contribution in [0.4, 0.5) is 5.69 Å². The fraction of sp³-hybridized carbons (Fsp3) is 0.133. The minimum atomic E-state index is 0.238. The SMILES string of the molecule is C#CCOc1ccc(Br)cc1CNc1cccnc1Cl. The molecule has 0 fully saturated rings. The predicted molar refractivity (Wildman–Crippen MR) is 85.0 cm³/mol. The molecule has 1 heterocycles. The Morgan fingerprint density at radius 1 is 1.40 bits per heavy atom. The Morgan fingerprint density at radius 3 is 3.00 bits per heavy atom. The molecule has 0 amide bonds. The van der Waals surface area contributed by atoms with Crippen molar-refractivity contribution in [1.29, 1.82) is 0 Å². The monoisotopic (exact) mass is 350 g/mol. The van der Waals surface area contributed by atoms with Crippen LogP contribution in [0.5, 0.6) is 5.75 Å². The highest BCUT2D eigenvalue weighted by Crippen LogP contribution is 2.25. The minimum Gasteiger partial charge on any atom is -0.481 e. The summed E-state index contributed by atoms with van der Waals surface area (Å²) in [5, 5.41) is 3.66. The number of rotatable bonds is 5. The van der Waals surface area contributed by atoms with Crippen LogP contribution in [-0.2, 0) is 6.54 Å². The summed E-state index contributed by atoms with van der Waals surface area (Å²) in [6.45, 7) is 0.799. The molecule has 0 radical (unpaired) electrons. The first-order valence-electron chi connectivity index (χ1n) is 5.90. The van der Waals surface area contributed by atoms with E-state index in [1.54, 1.807) is 6.20 Å². The Hall–Kier alpha value is -1.70. The third-order valence-electron chi connectivity index (χ3n) is 2.56. The van der Waals surface area contributed by atoms with Crippen LogP contribution in [0.15, 0.2) is 41.0 Å². The predicted octanol–water partition coefficient (Wildman–Crippen LogP) is 4.12. The van der Waals surface area contributed by atoms with Crippen molar-refractivity contribution in [2.45, 2.75) is 6.54 Å². The van der Waals surface area contributed by atoms with Gasteiger partial charge in [-0.3, -0.25) is 0 Å². The van der Waals surface area contributed by atoms with Crippen LogP contribution in [-0.4, -0.2) is 11.6 Å². The van der Waals surface area contributed by atoms with E-state index in [0.717, 1.165) is 21.5 Å². The number of pyridine rings is 1. The third kappa shape index (κ3) is 3.89. The molecular weight excluding hydrogens is 340 g/mol. The maximum atomic E-state index is 6.00. The molecule has 3 nitrogen and oxygen atoms in total. The van der Waals surface area contributed by atoms with Gasteiger partial charge in [0, 0.05) is 22.8 Å². The average molecular weight is 352 g/mol. The van der Waals surface area contributed by atoms with Gasteiger partial charge in [-0.05, 0) is 30.3 Å². The van der Waals surface area contributed by atoms with E-state index < -0.39 is 0 Å². The highest BCUT2D eigenvalue weighted by atomic mass is 79.9. The second kappa shape index (κ2) is 7.18. The van der Waals surface area contributed by atoms with Crippen molar-refractivity contribution in [2.24, 2.45) is 0 Å². The van der Waals surface area contributed by atoms with E-state index in [9.17, 15) is 0 Å². The fourth-order valence-corrected chi connectivity index (χ4v) is 2.25. The average Bonchev–Trinajstić information content (AvgIpc) is 2.45. The molecule has 1 aromatic heterocycles. The lowest BCUT2D eigenvalue weighted by atomic mass is 10.2. The van der Waals surface area contributed by atoms with Gasteiger partial charge >= 0.3 is 0 Å². The molecule has 0 aliphatic rings. The van der Waals surface area contributed by atoms with Crippen molar-refractivity contribution in [3.8, 4) is 18.1 Å². The maximum absolute atomic E-state index is 6.00. The van der Waals surface area contributed by atoms with Gasteiger partial charge in [0.05, 0.1) is 5.69 Å². The molecule has 0 unspecified atom stereocenters. The summed E-state index contributed by atoms with van der Waals surface area (Å²) in [5.41, 5.74) is 1.76. The van der Waals surface area contributed by atoms with Crippen LogP contribution in [0.25, 0.3) is 0 Å². The van der Waals surface area contributed by atoms with E-state index in [1.807, 2.05) is 30.3 Å². The zero-order chi connectivity index (χ0) is 14.4. The van der Waals surface area contributed by atoms with E-state index in [-0.39, 0.29) is 6.61 Å². The molecule has 0 bridgehead atoms. The highest BCUT2D eigenvalue weighted by molar-refractivity contribution is 9.10. The molecule has 1 aromatic carbocycles. The lowest BCUT2D eigenvalue weighted by molar-refractivity contribution is 0.366. The Morgan fingerprint density at radius 2 is 2.25 bits per heavy atom. The molecule has 0 spiro atoms. The number of nitrogens with one attached hydrogen (secondary N) is 1. The molecule has 102 valence electrons. The maximum Gasteiger partial charge on any atom is 0.152 e. The Kier molecular flexibility index (Phi) is 5.28. The Balaban J connectivity index is 2.14. The number of anilines is 1. The number of terminal acetylenes is 1. The summed E-state index contributed by atoms with van der Waals surface area (Å²) < 4.78 is 6.49. The van der Waals surface area contributed by atoms with Crippen molar-refractivity contribution in [2.75, 3.05) is 11.9 Å². The molecule has 0 saturated heterocycles. The lowest BCUT2D eigenvalue weighted by Gasteiger charge is -2.12. The Bertz CT molecular complexity index is 640. The third-order valence-corrected chi connectivity index (χ3v) is 3.36. The van der Waals surface area contributed by atoms with Crippen molar-refractivity contribution in [3.63, 3.8) is 0 Å². The molecule has 2 rings (SSSR count). The van der Waals surface area contributed by atoms with E-state index in [1.165, 1.54) is 0 Å². The van der Waals surface area contributed by atoms with Crippen molar-refractivity contribution in [1.82, 2.24) is 4.98 Å². The highest BCUT2D eigenvalue weighted by Gasteiger charge is 2.06. The van der Waals surface area contributed by atoms with Crippen molar-refractivity contribution in [3.05, 3.63) is 51.7 Å². The normalized spacial score (nSPS) is 9.85. The summed E-state index contributed by atoms with van der Waals surface area (Å²) >= 11 is 9.45. The number of ether oxygens (including phenoxy) is 1. The number of aromatic nitrogens is 1. The van der Waals surface area contributed by atoms with Gasteiger partial charge in [-0.25, -0.2) is 4.98 Å². The van der Waals surface area contributed by atoms with Gasteiger partial charge < -0.3 is 10.1 Å². The lowest BCUT2D eigenvalue weighted by Crippen LogP contribution is -2.04. The summed E-state index contributed by atoms with van der Waals surface area (Å²) in [5.74, 6) is 3.20. The molecule has 0 aliphatic carbocycles. The molecule has 0 saturated carbocycles. The summed E-state index contributed by atoms with van der Waals surface area (Å²) in [7, 11) is 0. The van der Waals surface area contributed by atoms with Crippen LogP contribution in [0.1, 0.15) is 5.56 Å². The molecular formula is C15H12BrClN2O. The molecule has 0 atom stereocenters. The molecule has 2 aromatic rings. The molecule has 1 N–H and O–H groups in total. The van der Waals surface area contributed by atoms with Gasteiger partial charge in [0.1, 0.15) is 12.4 Å². The topological polar surface area (TPSA) is 34.1 Å². The van der Waals surface area contributed by atoms with Crippen LogP contribution < -0.4 is 10.1 Å². The van der Waals surface area contributed by atoms with E-state index >= 15 is 0 Å².